The van der Waals surface area contributed by atoms with Crippen molar-refractivity contribution in [2.75, 3.05) is 13.1 Å². The number of aromatic amines is 1. The number of para-hydroxylation sites is 1. The lowest BCUT2D eigenvalue weighted by molar-refractivity contribution is 0.0744. The first kappa shape index (κ1) is 11.9. The van der Waals surface area contributed by atoms with Crippen molar-refractivity contribution < 1.29 is 4.79 Å². The molecule has 2 aromatic rings. The molecule has 5 nitrogen and oxygen atoms in total. The summed E-state index contributed by atoms with van der Waals surface area (Å²) < 4.78 is 0. The molecule has 2 unspecified atom stereocenters. The molecule has 5 heteroatoms. The number of carbonyl (C=O) groups excluding carboxylic acids is 1. The second kappa shape index (κ2) is 4.59. The van der Waals surface area contributed by atoms with Crippen LogP contribution in [0.25, 0.3) is 10.9 Å². The van der Waals surface area contributed by atoms with Crippen LogP contribution >= 0.6 is 0 Å². The Hall–Kier alpha value is -1.88. The molecule has 0 saturated carbocycles. The predicted octanol–water partition coefficient (Wildman–Crippen LogP) is 1.53. The number of fused-ring (bicyclic) bond motifs is 3. The summed E-state index contributed by atoms with van der Waals surface area (Å²) in [4.78, 5) is 14.7. The first-order valence-corrected chi connectivity index (χ1v) is 7.30. The molecular weight excluding hydrogens is 252 g/mol. The Kier molecular flexibility index (Phi) is 2.73. The molecule has 2 aliphatic heterocycles. The zero-order valence-electron chi connectivity index (χ0n) is 11.3. The molecule has 2 aliphatic rings. The lowest BCUT2D eigenvalue weighted by Gasteiger charge is -2.23. The maximum absolute atomic E-state index is 12.7. The minimum absolute atomic E-state index is 0.0526. The molecular formula is C15H18N4O. The highest BCUT2D eigenvalue weighted by Gasteiger charge is 2.32. The zero-order valence-corrected chi connectivity index (χ0v) is 11.3. The van der Waals surface area contributed by atoms with Crippen LogP contribution in [-0.2, 0) is 0 Å². The molecule has 0 aliphatic carbocycles. The van der Waals surface area contributed by atoms with Gasteiger partial charge in [0.1, 0.15) is 0 Å². The first-order valence-electron chi connectivity index (χ1n) is 7.30. The van der Waals surface area contributed by atoms with Crippen LogP contribution in [0.2, 0.25) is 0 Å². The third-order valence-corrected chi connectivity index (χ3v) is 4.48. The molecule has 2 fully saturated rings. The molecule has 20 heavy (non-hydrogen) atoms. The van der Waals surface area contributed by atoms with Gasteiger partial charge in [-0.1, -0.05) is 18.2 Å². The van der Waals surface area contributed by atoms with Gasteiger partial charge in [0, 0.05) is 30.6 Å². The number of aromatic nitrogens is 2. The van der Waals surface area contributed by atoms with Gasteiger partial charge in [0.15, 0.2) is 5.69 Å². The highest BCUT2D eigenvalue weighted by atomic mass is 16.2. The maximum atomic E-state index is 12.7. The second-order valence-corrected chi connectivity index (χ2v) is 5.80. The minimum Gasteiger partial charge on any atom is -0.336 e. The molecule has 2 N–H and O–H groups in total. The van der Waals surface area contributed by atoms with Crippen molar-refractivity contribution in [3.8, 4) is 0 Å². The van der Waals surface area contributed by atoms with Gasteiger partial charge in [-0.15, -0.1) is 0 Å². The molecule has 3 heterocycles. The van der Waals surface area contributed by atoms with Gasteiger partial charge in [-0.25, -0.2) is 0 Å². The van der Waals surface area contributed by atoms with Crippen molar-refractivity contribution >= 4 is 16.8 Å². The van der Waals surface area contributed by atoms with E-state index in [1.165, 1.54) is 12.8 Å². The van der Waals surface area contributed by atoms with E-state index in [0.29, 0.717) is 17.8 Å². The summed E-state index contributed by atoms with van der Waals surface area (Å²) in [6, 6.07) is 8.84. The summed E-state index contributed by atoms with van der Waals surface area (Å²) in [6.45, 7) is 1.63. The van der Waals surface area contributed by atoms with Gasteiger partial charge in [-0.3, -0.25) is 9.89 Å². The quantitative estimate of drug-likeness (QED) is 0.826. The lowest BCUT2D eigenvalue weighted by atomic mass is 10.1. The number of rotatable bonds is 1. The van der Waals surface area contributed by atoms with Crippen LogP contribution in [0.3, 0.4) is 0 Å². The SMILES string of the molecule is O=C(c1n[nH]c2ccccc12)N1CCC2CCC(C1)N2. The fourth-order valence-electron chi connectivity index (χ4n) is 3.40. The Morgan fingerprint density at radius 3 is 3.00 bits per heavy atom. The number of nitrogens with zero attached hydrogens (tertiary/aromatic N) is 2. The Morgan fingerprint density at radius 1 is 1.20 bits per heavy atom. The minimum atomic E-state index is 0.0526. The summed E-state index contributed by atoms with van der Waals surface area (Å²) in [6.07, 6.45) is 3.47. The molecule has 1 aromatic carbocycles. The van der Waals surface area contributed by atoms with Crippen LogP contribution < -0.4 is 5.32 Å². The summed E-state index contributed by atoms with van der Waals surface area (Å²) in [5.41, 5.74) is 1.48. The third kappa shape index (κ3) is 1.89. The summed E-state index contributed by atoms with van der Waals surface area (Å²) >= 11 is 0. The lowest BCUT2D eigenvalue weighted by Crippen LogP contribution is -2.39. The summed E-state index contributed by atoms with van der Waals surface area (Å²) in [5.74, 6) is 0.0526. The van der Waals surface area contributed by atoms with Crippen molar-refractivity contribution in [1.82, 2.24) is 20.4 Å². The third-order valence-electron chi connectivity index (χ3n) is 4.48. The Labute approximate surface area is 117 Å². The van der Waals surface area contributed by atoms with Crippen molar-refractivity contribution in [2.45, 2.75) is 31.3 Å². The normalized spacial score (nSPS) is 25.9. The van der Waals surface area contributed by atoms with E-state index < -0.39 is 0 Å². The van der Waals surface area contributed by atoms with E-state index in [1.54, 1.807) is 0 Å². The average molecular weight is 270 g/mol. The molecule has 1 aromatic heterocycles. The number of benzene rings is 1. The van der Waals surface area contributed by atoms with E-state index in [4.69, 9.17) is 0 Å². The van der Waals surface area contributed by atoms with Crippen LogP contribution in [-0.4, -0.2) is 46.2 Å². The molecule has 2 saturated heterocycles. The Bertz CT molecular complexity index is 650. The van der Waals surface area contributed by atoms with Gasteiger partial charge in [0.25, 0.3) is 5.91 Å². The van der Waals surface area contributed by atoms with E-state index in [0.717, 1.165) is 30.4 Å². The number of carbonyl (C=O) groups is 1. The molecule has 2 bridgehead atoms. The number of H-pyrrole nitrogens is 1. The van der Waals surface area contributed by atoms with Crippen LogP contribution in [0.1, 0.15) is 29.8 Å². The molecule has 4 rings (SSSR count). The topological polar surface area (TPSA) is 61.0 Å². The number of amides is 1. The maximum Gasteiger partial charge on any atom is 0.275 e. The van der Waals surface area contributed by atoms with Crippen LogP contribution in [0.5, 0.6) is 0 Å². The number of likely N-dealkylation sites (tertiary alicyclic amines) is 1. The van der Waals surface area contributed by atoms with Gasteiger partial charge in [-0.05, 0) is 25.3 Å². The Balaban J connectivity index is 1.63. The molecule has 104 valence electrons. The molecule has 0 radical (unpaired) electrons. The average Bonchev–Trinajstić information content (AvgIpc) is 3.01. The van der Waals surface area contributed by atoms with Crippen molar-refractivity contribution in [3.63, 3.8) is 0 Å². The van der Waals surface area contributed by atoms with Gasteiger partial charge in [0.2, 0.25) is 0 Å². The number of nitrogens with one attached hydrogen (secondary N) is 2. The van der Waals surface area contributed by atoms with Crippen LogP contribution in [0.4, 0.5) is 0 Å². The van der Waals surface area contributed by atoms with E-state index in [-0.39, 0.29) is 5.91 Å². The Morgan fingerprint density at radius 2 is 2.05 bits per heavy atom. The van der Waals surface area contributed by atoms with E-state index in [9.17, 15) is 4.79 Å². The van der Waals surface area contributed by atoms with E-state index >= 15 is 0 Å². The molecule has 2 atom stereocenters. The number of hydrogen-bond donors (Lipinski definition) is 2. The number of hydrogen-bond acceptors (Lipinski definition) is 3. The van der Waals surface area contributed by atoms with Crippen molar-refractivity contribution in [1.29, 1.82) is 0 Å². The van der Waals surface area contributed by atoms with Gasteiger partial charge in [-0.2, -0.15) is 5.10 Å². The summed E-state index contributed by atoms with van der Waals surface area (Å²) in [5, 5.41) is 11.7. The van der Waals surface area contributed by atoms with Gasteiger partial charge >= 0.3 is 0 Å². The van der Waals surface area contributed by atoms with Gasteiger partial charge < -0.3 is 10.2 Å². The standard InChI is InChI=1S/C15H18N4O/c20-15(14-12-3-1-2-4-13(12)17-18-14)19-8-7-10-5-6-11(9-19)16-10/h1-4,10-11,16H,5-9H2,(H,17,18). The second-order valence-electron chi connectivity index (χ2n) is 5.80. The highest BCUT2D eigenvalue weighted by molar-refractivity contribution is 6.04. The predicted molar refractivity (Wildman–Crippen MR) is 76.6 cm³/mol. The monoisotopic (exact) mass is 270 g/mol. The fraction of sp³-hybridized carbons (Fsp3) is 0.467. The summed E-state index contributed by atoms with van der Waals surface area (Å²) in [7, 11) is 0. The van der Waals surface area contributed by atoms with E-state index in [2.05, 4.69) is 15.5 Å². The zero-order chi connectivity index (χ0) is 13.5. The van der Waals surface area contributed by atoms with Crippen LogP contribution in [0, 0.1) is 0 Å². The largest absolute Gasteiger partial charge is 0.336 e. The first-order chi connectivity index (χ1) is 9.81. The molecule has 0 spiro atoms. The van der Waals surface area contributed by atoms with Gasteiger partial charge in [0.05, 0.1) is 5.52 Å². The smallest absolute Gasteiger partial charge is 0.275 e. The van der Waals surface area contributed by atoms with E-state index in [1.807, 2.05) is 29.2 Å². The highest BCUT2D eigenvalue weighted by Crippen LogP contribution is 2.23. The van der Waals surface area contributed by atoms with Crippen LogP contribution in [0.15, 0.2) is 24.3 Å². The fourth-order valence-corrected chi connectivity index (χ4v) is 3.40. The van der Waals surface area contributed by atoms with Crippen molar-refractivity contribution in [2.24, 2.45) is 0 Å². The molecule has 1 amide bonds. The van der Waals surface area contributed by atoms with Crippen molar-refractivity contribution in [3.05, 3.63) is 30.0 Å².